The second kappa shape index (κ2) is 7.27. The summed E-state index contributed by atoms with van der Waals surface area (Å²) in [6.45, 7) is 2.07. The lowest BCUT2D eigenvalue weighted by atomic mass is 9.92. The van der Waals surface area contributed by atoms with Gasteiger partial charge in [0.2, 0.25) is 5.91 Å². The van der Waals surface area contributed by atoms with E-state index in [1.54, 1.807) is 6.92 Å². The molecule has 17 heavy (non-hydrogen) atoms. The van der Waals surface area contributed by atoms with E-state index in [4.69, 9.17) is 4.74 Å². The second-order valence-electron chi connectivity index (χ2n) is 4.33. The molecule has 0 aromatic carbocycles. The van der Waals surface area contributed by atoms with Crippen molar-refractivity contribution in [3.05, 3.63) is 0 Å². The lowest BCUT2D eigenvalue weighted by Crippen LogP contribution is -2.45. The zero-order valence-corrected chi connectivity index (χ0v) is 10.3. The number of hydrogen-bond acceptors (Lipinski definition) is 4. The summed E-state index contributed by atoms with van der Waals surface area (Å²) in [5.74, 6) is -0.546. The molecule has 0 radical (unpaired) electrons. The maximum Gasteiger partial charge on any atom is 0.306 e. The first-order valence-electron chi connectivity index (χ1n) is 6.26. The smallest absolute Gasteiger partial charge is 0.306 e. The lowest BCUT2D eigenvalue weighted by molar-refractivity contribution is -0.144. The Labute approximate surface area is 102 Å². The number of esters is 1. The van der Waals surface area contributed by atoms with Gasteiger partial charge in [0.05, 0.1) is 25.2 Å². The van der Waals surface area contributed by atoms with Gasteiger partial charge in [0.15, 0.2) is 0 Å². The average Bonchev–Trinajstić information content (AvgIpc) is 2.30. The first-order chi connectivity index (χ1) is 8.13. The molecule has 0 saturated heterocycles. The van der Waals surface area contributed by atoms with Crippen molar-refractivity contribution in [2.45, 2.75) is 57.6 Å². The minimum absolute atomic E-state index is 0.0997. The molecule has 2 atom stereocenters. The highest BCUT2D eigenvalue weighted by Crippen LogP contribution is 2.18. The van der Waals surface area contributed by atoms with Crippen molar-refractivity contribution in [2.75, 3.05) is 6.61 Å². The van der Waals surface area contributed by atoms with Crippen LogP contribution in [0.1, 0.15) is 45.4 Å². The van der Waals surface area contributed by atoms with Crippen molar-refractivity contribution >= 4 is 11.9 Å². The van der Waals surface area contributed by atoms with E-state index in [1.165, 1.54) is 0 Å². The molecular formula is C12H21NO4. The van der Waals surface area contributed by atoms with Crippen LogP contribution in [0, 0.1) is 0 Å². The van der Waals surface area contributed by atoms with Gasteiger partial charge in [-0.05, 0) is 19.8 Å². The van der Waals surface area contributed by atoms with Crippen molar-refractivity contribution in [1.29, 1.82) is 0 Å². The van der Waals surface area contributed by atoms with Gasteiger partial charge in [-0.25, -0.2) is 0 Å². The summed E-state index contributed by atoms with van der Waals surface area (Å²) >= 11 is 0. The SMILES string of the molecule is CCOC(=O)CCC(=O)N[C@H]1CCCC[C@@H]1O. The zero-order valence-electron chi connectivity index (χ0n) is 10.3. The summed E-state index contributed by atoms with van der Waals surface area (Å²) < 4.78 is 4.74. The molecule has 1 rings (SSSR count). The number of rotatable bonds is 5. The van der Waals surface area contributed by atoms with Gasteiger partial charge < -0.3 is 15.2 Å². The third-order valence-electron chi connectivity index (χ3n) is 2.94. The molecule has 5 heteroatoms. The van der Waals surface area contributed by atoms with Crippen LogP contribution in [0.25, 0.3) is 0 Å². The van der Waals surface area contributed by atoms with Crippen LogP contribution in [-0.2, 0) is 14.3 Å². The zero-order chi connectivity index (χ0) is 12.7. The van der Waals surface area contributed by atoms with Gasteiger partial charge in [0.1, 0.15) is 0 Å². The summed E-state index contributed by atoms with van der Waals surface area (Å²) in [7, 11) is 0. The van der Waals surface area contributed by atoms with Gasteiger partial charge >= 0.3 is 5.97 Å². The lowest BCUT2D eigenvalue weighted by Gasteiger charge is -2.28. The van der Waals surface area contributed by atoms with Crippen LogP contribution < -0.4 is 5.32 Å². The molecule has 0 bridgehead atoms. The van der Waals surface area contributed by atoms with Crippen LogP contribution in [0.3, 0.4) is 0 Å². The number of hydrogen-bond donors (Lipinski definition) is 2. The summed E-state index contributed by atoms with van der Waals surface area (Å²) in [6.07, 6.45) is 3.37. The number of nitrogens with one attached hydrogen (secondary N) is 1. The monoisotopic (exact) mass is 243 g/mol. The Morgan fingerprint density at radius 1 is 1.29 bits per heavy atom. The number of amides is 1. The summed E-state index contributed by atoms with van der Waals surface area (Å²) in [4.78, 5) is 22.6. The Bertz CT molecular complexity index is 267. The van der Waals surface area contributed by atoms with Crippen LogP contribution >= 0.6 is 0 Å². The van der Waals surface area contributed by atoms with Crippen molar-refractivity contribution in [2.24, 2.45) is 0 Å². The topological polar surface area (TPSA) is 75.6 Å². The molecule has 0 spiro atoms. The molecule has 1 amide bonds. The van der Waals surface area contributed by atoms with E-state index < -0.39 is 6.10 Å². The molecule has 5 nitrogen and oxygen atoms in total. The van der Waals surface area contributed by atoms with E-state index in [1.807, 2.05) is 0 Å². The minimum Gasteiger partial charge on any atom is -0.466 e. The van der Waals surface area contributed by atoms with E-state index in [9.17, 15) is 14.7 Å². The summed E-state index contributed by atoms with van der Waals surface area (Å²) in [6, 6.07) is -0.154. The molecule has 0 aliphatic heterocycles. The van der Waals surface area contributed by atoms with Gasteiger partial charge in [-0.15, -0.1) is 0 Å². The number of carbonyl (C=O) groups excluding carboxylic acids is 2. The van der Waals surface area contributed by atoms with Crippen molar-refractivity contribution < 1.29 is 19.4 Å². The van der Waals surface area contributed by atoms with Crippen molar-refractivity contribution in [1.82, 2.24) is 5.32 Å². The molecule has 1 saturated carbocycles. The van der Waals surface area contributed by atoms with Gasteiger partial charge in [-0.1, -0.05) is 12.8 Å². The largest absolute Gasteiger partial charge is 0.466 e. The molecule has 1 fully saturated rings. The van der Waals surface area contributed by atoms with Crippen LogP contribution in [0.2, 0.25) is 0 Å². The van der Waals surface area contributed by atoms with Gasteiger partial charge in [-0.3, -0.25) is 9.59 Å². The molecule has 0 aromatic rings. The predicted molar refractivity (Wildman–Crippen MR) is 62.3 cm³/mol. The van der Waals surface area contributed by atoms with E-state index >= 15 is 0 Å². The van der Waals surface area contributed by atoms with Crippen molar-refractivity contribution in [3.8, 4) is 0 Å². The normalized spacial score (nSPS) is 24.1. The van der Waals surface area contributed by atoms with E-state index in [0.717, 1.165) is 25.7 Å². The molecule has 2 N–H and O–H groups in total. The van der Waals surface area contributed by atoms with Gasteiger partial charge in [0.25, 0.3) is 0 Å². The van der Waals surface area contributed by atoms with E-state index in [2.05, 4.69) is 5.32 Å². The Morgan fingerprint density at radius 3 is 2.65 bits per heavy atom. The maximum atomic E-state index is 11.5. The fraction of sp³-hybridized carbons (Fsp3) is 0.833. The van der Waals surface area contributed by atoms with Crippen LogP contribution in [-0.4, -0.2) is 35.7 Å². The van der Waals surface area contributed by atoms with Crippen LogP contribution in [0.4, 0.5) is 0 Å². The van der Waals surface area contributed by atoms with Crippen molar-refractivity contribution in [3.63, 3.8) is 0 Å². The molecular weight excluding hydrogens is 222 g/mol. The number of ether oxygens (including phenoxy) is 1. The van der Waals surface area contributed by atoms with Gasteiger partial charge in [-0.2, -0.15) is 0 Å². The predicted octanol–water partition coefficient (Wildman–Crippen LogP) is 0.749. The molecule has 1 aliphatic rings. The highest BCUT2D eigenvalue weighted by molar-refractivity contribution is 5.81. The quantitative estimate of drug-likeness (QED) is 0.699. The van der Waals surface area contributed by atoms with Crippen LogP contribution in [0.5, 0.6) is 0 Å². The van der Waals surface area contributed by atoms with Crippen LogP contribution in [0.15, 0.2) is 0 Å². The summed E-state index contributed by atoms with van der Waals surface area (Å²) in [5, 5.41) is 12.4. The van der Waals surface area contributed by atoms with E-state index in [0.29, 0.717) is 6.61 Å². The van der Waals surface area contributed by atoms with E-state index in [-0.39, 0.29) is 30.8 Å². The Hall–Kier alpha value is -1.10. The molecule has 0 unspecified atom stereocenters. The highest BCUT2D eigenvalue weighted by atomic mass is 16.5. The number of carbonyl (C=O) groups is 2. The molecule has 0 heterocycles. The number of aliphatic hydroxyl groups excluding tert-OH is 1. The molecule has 0 aromatic heterocycles. The first-order valence-corrected chi connectivity index (χ1v) is 6.26. The maximum absolute atomic E-state index is 11.5. The molecule has 1 aliphatic carbocycles. The second-order valence-corrected chi connectivity index (χ2v) is 4.33. The fourth-order valence-electron chi connectivity index (χ4n) is 2.01. The standard InChI is InChI=1S/C12H21NO4/c1-2-17-12(16)8-7-11(15)13-9-5-3-4-6-10(9)14/h9-10,14H,2-8H2,1H3,(H,13,15)/t9-,10-/m0/s1. The Morgan fingerprint density at radius 2 is 2.00 bits per heavy atom. The summed E-state index contributed by atoms with van der Waals surface area (Å²) in [5.41, 5.74) is 0. The molecule has 98 valence electrons. The Balaban J connectivity index is 2.22. The fourth-order valence-corrected chi connectivity index (χ4v) is 2.01. The Kier molecular flexibility index (Phi) is 5.97. The first kappa shape index (κ1) is 14.0. The van der Waals surface area contributed by atoms with Gasteiger partial charge in [0, 0.05) is 6.42 Å². The number of aliphatic hydroxyl groups is 1. The third kappa shape index (κ3) is 5.17. The highest BCUT2D eigenvalue weighted by Gasteiger charge is 2.24. The minimum atomic E-state index is -0.449. The third-order valence-corrected chi connectivity index (χ3v) is 2.94. The average molecular weight is 243 g/mol.